The molecule has 0 radical (unpaired) electrons. The highest BCUT2D eigenvalue weighted by Crippen LogP contribution is 2.32. The number of carbonyl (C=O) groups excluding carboxylic acids is 1. The van der Waals surface area contributed by atoms with Crippen molar-refractivity contribution in [2.24, 2.45) is 0 Å². The van der Waals surface area contributed by atoms with Crippen molar-refractivity contribution in [1.82, 2.24) is 19.4 Å². The van der Waals surface area contributed by atoms with Crippen molar-refractivity contribution in [2.45, 2.75) is 46.2 Å². The molecule has 5 aromatic rings. The van der Waals surface area contributed by atoms with Crippen molar-refractivity contribution in [3.8, 4) is 16.9 Å². The third-order valence-electron chi connectivity index (χ3n) is 7.95. The predicted octanol–water partition coefficient (Wildman–Crippen LogP) is 7.30. The molecular formula is C35H35N5O4. The van der Waals surface area contributed by atoms with Crippen LogP contribution in [0.2, 0.25) is 0 Å². The molecule has 2 aromatic heterocycles. The lowest BCUT2D eigenvalue weighted by Gasteiger charge is -2.36. The molecule has 1 fully saturated rings. The van der Waals surface area contributed by atoms with Crippen molar-refractivity contribution >= 4 is 29.0 Å². The smallest absolute Gasteiger partial charge is 0.449 e. The van der Waals surface area contributed by atoms with Gasteiger partial charge in [-0.2, -0.15) is 0 Å². The Balaban J connectivity index is 1.28. The molecule has 0 bridgehead atoms. The first kappa shape index (κ1) is 28.9. The van der Waals surface area contributed by atoms with E-state index in [1.54, 1.807) is 12.1 Å². The fourth-order valence-corrected chi connectivity index (χ4v) is 5.84. The number of imidazole rings is 1. The number of para-hydroxylation sites is 1. The average molecular weight is 590 g/mol. The lowest BCUT2D eigenvalue weighted by Crippen LogP contribution is -2.49. The van der Waals surface area contributed by atoms with Crippen LogP contribution in [0.5, 0.6) is 5.75 Å². The van der Waals surface area contributed by atoms with Gasteiger partial charge in [0.25, 0.3) is 0 Å². The summed E-state index contributed by atoms with van der Waals surface area (Å²) in [6.07, 6.45) is 1.28. The van der Waals surface area contributed by atoms with Gasteiger partial charge >= 0.3 is 12.2 Å². The number of benzene rings is 3. The number of urea groups is 1. The first-order valence-corrected chi connectivity index (χ1v) is 15.0. The molecule has 3 heterocycles. The first-order valence-electron chi connectivity index (χ1n) is 15.0. The normalized spacial score (nSPS) is 13.5. The maximum absolute atomic E-state index is 13.6. The van der Waals surface area contributed by atoms with Gasteiger partial charge in [-0.25, -0.2) is 19.6 Å². The highest BCUT2D eigenvalue weighted by molar-refractivity contribution is 5.95. The molecule has 6 rings (SSSR count). The number of amides is 2. The lowest BCUT2D eigenvalue weighted by molar-refractivity contribution is 0.144. The molecule has 44 heavy (non-hydrogen) atoms. The van der Waals surface area contributed by atoms with E-state index < -0.39 is 6.16 Å². The molecule has 9 heteroatoms. The van der Waals surface area contributed by atoms with Gasteiger partial charge in [-0.1, -0.05) is 79.7 Å². The number of aryl methyl sites for hydroxylation is 2. The van der Waals surface area contributed by atoms with E-state index in [4.69, 9.17) is 19.8 Å². The minimum atomic E-state index is -1.34. The molecule has 224 valence electrons. The number of nitrogens with zero attached hydrogens (tertiary/aromatic N) is 5. The molecule has 2 amide bonds. The molecular weight excluding hydrogens is 554 g/mol. The number of carbonyl (C=O) groups is 2. The second kappa shape index (κ2) is 12.6. The van der Waals surface area contributed by atoms with Crippen LogP contribution in [-0.2, 0) is 19.5 Å². The summed E-state index contributed by atoms with van der Waals surface area (Å²) in [6.45, 7) is 6.63. The van der Waals surface area contributed by atoms with Gasteiger partial charge in [-0.05, 0) is 48.6 Å². The molecule has 0 atom stereocenters. The molecule has 1 aliphatic heterocycles. The molecule has 9 nitrogen and oxygen atoms in total. The van der Waals surface area contributed by atoms with Crippen molar-refractivity contribution in [1.29, 1.82) is 0 Å². The van der Waals surface area contributed by atoms with E-state index >= 15 is 0 Å². The van der Waals surface area contributed by atoms with Crippen LogP contribution in [-0.4, -0.2) is 49.8 Å². The van der Waals surface area contributed by atoms with Crippen LogP contribution in [0.15, 0.2) is 84.9 Å². The highest BCUT2D eigenvalue weighted by Gasteiger charge is 2.29. The Morgan fingerprint density at radius 3 is 2.39 bits per heavy atom. The van der Waals surface area contributed by atoms with Crippen molar-refractivity contribution in [3.63, 3.8) is 0 Å². The predicted molar refractivity (Wildman–Crippen MR) is 170 cm³/mol. The zero-order valence-corrected chi connectivity index (χ0v) is 24.9. The maximum Gasteiger partial charge on any atom is 0.511 e. The van der Waals surface area contributed by atoms with E-state index in [2.05, 4.69) is 11.5 Å². The summed E-state index contributed by atoms with van der Waals surface area (Å²) in [7, 11) is 0. The van der Waals surface area contributed by atoms with Gasteiger partial charge in [0.15, 0.2) is 5.65 Å². The van der Waals surface area contributed by atoms with Crippen molar-refractivity contribution in [2.75, 3.05) is 18.0 Å². The number of rotatable bonds is 9. The Hall–Kier alpha value is -5.18. The number of fused-ring (bicyclic) bond motifs is 1. The van der Waals surface area contributed by atoms with Crippen LogP contribution in [0, 0.1) is 6.92 Å². The second-order valence-electron chi connectivity index (χ2n) is 11.1. The summed E-state index contributed by atoms with van der Waals surface area (Å²) in [6, 6.07) is 27.2. The topological polar surface area (TPSA) is 101 Å². The summed E-state index contributed by atoms with van der Waals surface area (Å²) in [5.74, 6) is 1.25. The van der Waals surface area contributed by atoms with Gasteiger partial charge < -0.3 is 19.3 Å². The highest BCUT2D eigenvalue weighted by atomic mass is 16.7. The summed E-state index contributed by atoms with van der Waals surface area (Å²) in [5.41, 5.74) is 6.92. The van der Waals surface area contributed by atoms with Gasteiger partial charge in [-0.15, -0.1) is 0 Å². The Bertz CT molecular complexity index is 1800. The van der Waals surface area contributed by atoms with Crippen LogP contribution in [0.1, 0.15) is 42.4 Å². The zero-order valence-electron chi connectivity index (χ0n) is 24.9. The number of ether oxygens (including phenoxy) is 1. The van der Waals surface area contributed by atoms with Gasteiger partial charge in [0, 0.05) is 31.6 Å². The molecule has 0 unspecified atom stereocenters. The Morgan fingerprint density at radius 2 is 1.64 bits per heavy atom. The van der Waals surface area contributed by atoms with Crippen LogP contribution in [0.3, 0.4) is 0 Å². The monoisotopic (exact) mass is 589 g/mol. The van der Waals surface area contributed by atoms with E-state index in [9.17, 15) is 9.59 Å². The van der Waals surface area contributed by atoms with Crippen LogP contribution >= 0.6 is 0 Å². The largest absolute Gasteiger partial charge is 0.511 e. The van der Waals surface area contributed by atoms with E-state index in [1.807, 2.05) is 89.5 Å². The van der Waals surface area contributed by atoms with Crippen molar-refractivity contribution < 1.29 is 19.4 Å². The Labute approximate surface area is 256 Å². The number of carboxylic acid groups (broad SMARTS) is 1. The number of hydrogen-bond donors (Lipinski definition) is 1. The lowest BCUT2D eigenvalue weighted by atomic mass is 10.0. The third-order valence-corrected chi connectivity index (χ3v) is 7.95. The van der Waals surface area contributed by atoms with Crippen molar-refractivity contribution in [3.05, 3.63) is 108 Å². The molecule has 0 aliphatic carbocycles. The first-order chi connectivity index (χ1) is 21.4. The van der Waals surface area contributed by atoms with E-state index in [-0.39, 0.29) is 6.03 Å². The molecule has 3 aromatic carbocycles. The summed E-state index contributed by atoms with van der Waals surface area (Å²) in [5, 5.41) is 9.11. The maximum atomic E-state index is 13.6. The summed E-state index contributed by atoms with van der Waals surface area (Å²) in [4.78, 5) is 38.5. The standard InChI is InChI=1S/C35H35N5O4/c1-3-10-32-37-29-21-30(39-20-9-19-38(34(39)41)22-25-11-5-4-6-12-25)24(2)36-33(29)40(32)23-26-15-17-27(18-16-26)28-13-7-8-14-31(28)44-35(42)43/h4-8,11-18,21H,3,9-10,19-20,22-23H2,1-2H3,(H,42,43). The molecule has 0 saturated carbocycles. The van der Waals surface area contributed by atoms with Crippen LogP contribution < -0.4 is 9.64 Å². The number of anilines is 1. The summed E-state index contributed by atoms with van der Waals surface area (Å²) >= 11 is 0. The van der Waals surface area contributed by atoms with E-state index in [0.717, 1.165) is 70.9 Å². The zero-order chi connectivity index (χ0) is 30.6. The number of aromatic nitrogens is 3. The van der Waals surface area contributed by atoms with Gasteiger partial charge in [0.05, 0.1) is 17.9 Å². The molecule has 1 aliphatic rings. The fourth-order valence-electron chi connectivity index (χ4n) is 5.84. The Morgan fingerprint density at radius 1 is 0.909 bits per heavy atom. The Kier molecular flexibility index (Phi) is 8.27. The minimum absolute atomic E-state index is 0.00650. The van der Waals surface area contributed by atoms with E-state index in [0.29, 0.717) is 30.9 Å². The third kappa shape index (κ3) is 5.99. The minimum Gasteiger partial charge on any atom is -0.449 e. The molecule has 1 saturated heterocycles. The van der Waals surface area contributed by atoms with Crippen LogP contribution in [0.25, 0.3) is 22.3 Å². The SMILES string of the molecule is CCCc1nc2cc(N3CCCN(Cc4ccccc4)C3=O)c(C)nc2n1Cc1ccc(-c2ccccc2OC(=O)O)cc1. The quantitative estimate of drug-likeness (QED) is 0.143. The van der Waals surface area contributed by atoms with Gasteiger partial charge in [-0.3, -0.25) is 4.90 Å². The molecule has 0 spiro atoms. The number of pyridine rings is 1. The molecule has 1 N–H and O–H groups in total. The second-order valence-corrected chi connectivity index (χ2v) is 11.1. The van der Waals surface area contributed by atoms with Gasteiger partial charge in [0.1, 0.15) is 17.1 Å². The average Bonchev–Trinajstić information content (AvgIpc) is 3.34. The van der Waals surface area contributed by atoms with E-state index in [1.165, 1.54) is 0 Å². The van der Waals surface area contributed by atoms with Crippen LogP contribution in [0.4, 0.5) is 15.3 Å². The van der Waals surface area contributed by atoms with Gasteiger partial charge in [0.2, 0.25) is 0 Å². The fraction of sp³-hybridized carbons (Fsp3) is 0.257. The summed E-state index contributed by atoms with van der Waals surface area (Å²) < 4.78 is 7.14. The number of hydrogen-bond acceptors (Lipinski definition) is 5.